The largest absolute Gasteiger partial charge is 0.416 e. The number of carbonyl (C=O) groups is 1. The van der Waals surface area contributed by atoms with Gasteiger partial charge in [-0.2, -0.15) is 17.5 Å². The van der Waals surface area contributed by atoms with E-state index in [9.17, 15) is 31.5 Å². The maximum absolute atomic E-state index is 13.3. The molecule has 2 aliphatic rings. The molecule has 0 aliphatic carbocycles. The SMILES string of the molecule is O=C(Nc1ccc(C(F)(F)F)cc1)Nc1ccc(S(=O)(=O)N2CCC[C@H]2CN2CCC(O)CC2)cc1. The van der Waals surface area contributed by atoms with Gasteiger partial charge < -0.3 is 20.6 Å². The number of aliphatic hydroxyl groups excluding tert-OH is 1. The molecule has 4 rings (SSSR count). The summed E-state index contributed by atoms with van der Waals surface area (Å²) in [6.07, 6.45) is -1.80. The Kier molecular flexibility index (Phi) is 7.88. The molecule has 0 saturated carbocycles. The lowest BCUT2D eigenvalue weighted by Gasteiger charge is -2.34. The summed E-state index contributed by atoms with van der Waals surface area (Å²) in [5.74, 6) is 0. The van der Waals surface area contributed by atoms with Gasteiger partial charge in [0, 0.05) is 43.6 Å². The number of sulfonamides is 1. The molecular formula is C24H29F3N4O4S. The highest BCUT2D eigenvalue weighted by molar-refractivity contribution is 7.89. The zero-order valence-corrected chi connectivity index (χ0v) is 20.4. The van der Waals surface area contributed by atoms with E-state index in [2.05, 4.69) is 15.5 Å². The highest BCUT2D eigenvalue weighted by Crippen LogP contribution is 2.30. The number of urea groups is 1. The van der Waals surface area contributed by atoms with E-state index < -0.39 is 27.8 Å². The van der Waals surface area contributed by atoms with Crippen LogP contribution in [0.1, 0.15) is 31.2 Å². The van der Waals surface area contributed by atoms with Crippen molar-refractivity contribution in [1.29, 1.82) is 0 Å². The number of amides is 2. The Labute approximate surface area is 208 Å². The van der Waals surface area contributed by atoms with Crippen molar-refractivity contribution in [1.82, 2.24) is 9.21 Å². The normalized spacial score (nSPS) is 20.4. The molecule has 0 spiro atoms. The molecule has 12 heteroatoms. The minimum atomic E-state index is -4.46. The number of hydrogen-bond acceptors (Lipinski definition) is 5. The molecule has 36 heavy (non-hydrogen) atoms. The van der Waals surface area contributed by atoms with Gasteiger partial charge in [-0.1, -0.05) is 0 Å². The van der Waals surface area contributed by atoms with E-state index in [1.165, 1.54) is 28.6 Å². The maximum Gasteiger partial charge on any atom is 0.416 e. The predicted octanol–water partition coefficient (Wildman–Crippen LogP) is 3.96. The van der Waals surface area contributed by atoms with Gasteiger partial charge in [-0.05, 0) is 74.2 Å². The summed E-state index contributed by atoms with van der Waals surface area (Å²) in [6, 6.07) is 9.03. The topological polar surface area (TPSA) is 102 Å². The zero-order chi connectivity index (χ0) is 25.9. The van der Waals surface area contributed by atoms with Crippen LogP contribution in [-0.4, -0.2) is 67.1 Å². The van der Waals surface area contributed by atoms with Gasteiger partial charge in [0.15, 0.2) is 0 Å². The van der Waals surface area contributed by atoms with E-state index in [0.717, 1.165) is 50.2 Å². The first-order valence-electron chi connectivity index (χ1n) is 11.8. The Morgan fingerprint density at radius 3 is 2.03 bits per heavy atom. The molecule has 2 aromatic carbocycles. The predicted molar refractivity (Wildman–Crippen MR) is 129 cm³/mol. The number of likely N-dealkylation sites (tertiary alicyclic amines) is 1. The van der Waals surface area contributed by atoms with Crippen molar-refractivity contribution in [3.8, 4) is 0 Å². The van der Waals surface area contributed by atoms with Crippen molar-refractivity contribution in [3.63, 3.8) is 0 Å². The lowest BCUT2D eigenvalue weighted by Crippen LogP contribution is -2.46. The molecule has 0 unspecified atom stereocenters. The average molecular weight is 527 g/mol. The van der Waals surface area contributed by atoms with Gasteiger partial charge in [-0.25, -0.2) is 13.2 Å². The van der Waals surface area contributed by atoms with Gasteiger partial charge >= 0.3 is 12.2 Å². The van der Waals surface area contributed by atoms with Crippen LogP contribution in [0.2, 0.25) is 0 Å². The number of nitrogens with zero attached hydrogens (tertiary/aromatic N) is 2. The van der Waals surface area contributed by atoms with Gasteiger partial charge in [0.1, 0.15) is 0 Å². The Balaban J connectivity index is 1.35. The van der Waals surface area contributed by atoms with Crippen molar-refractivity contribution < 1.29 is 31.5 Å². The van der Waals surface area contributed by atoms with Crippen LogP contribution in [0.5, 0.6) is 0 Å². The number of piperidine rings is 1. The molecule has 2 aliphatic heterocycles. The van der Waals surface area contributed by atoms with Gasteiger partial charge in [-0.15, -0.1) is 0 Å². The minimum Gasteiger partial charge on any atom is -0.393 e. The Morgan fingerprint density at radius 2 is 1.47 bits per heavy atom. The second kappa shape index (κ2) is 10.8. The van der Waals surface area contributed by atoms with Gasteiger partial charge in [0.2, 0.25) is 10.0 Å². The second-order valence-electron chi connectivity index (χ2n) is 9.12. The quantitative estimate of drug-likeness (QED) is 0.529. The number of benzene rings is 2. The summed E-state index contributed by atoms with van der Waals surface area (Å²) in [5.41, 5.74) is -0.300. The fraction of sp³-hybridized carbons (Fsp3) is 0.458. The number of anilines is 2. The molecule has 8 nitrogen and oxygen atoms in total. The van der Waals surface area contributed by atoms with Crippen LogP contribution >= 0.6 is 0 Å². The number of nitrogens with one attached hydrogen (secondary N) is 2. The summed E-state index contributed by atoms with van der Waals surface area (Å²) in [4.78, 5) is 14.5. The second-order valence-corrected chi connectivity index (χ2v) is 11.0. The van der Waals surface area contributed by atoms with Crippen LogP contribution in [0.25, 0.3) is 0 Å². The third-order valence-corrected chi connectivity index (χ3v) is 8.50. The maximum atomic E-state index is 13.3. The van der Waals surface area contributed by atoms with Crippen LogP contribution in [0, 0.1) is 0 Å². The molecule has 0 bridgehead atoms. The van der Waals surface area contributed by atoms with Crippen molar-refractivity contribution in [2.24, 2.45) is 0 Å². The molecule has 0 aromatic heterocycles. The van der Waals surface area contributed by atoms with Crippen LogP contribution in [0.3, 0.4) is 0 Å². The van der Waals surface area contributed by atoms with E-state index in [-0.39, 0.29) is 22.7 Å². The molecule has 3 N–H and O–H groups in total. The minimum absolute atomic E-state index is 0.122. The van der Waals surface area contributed by atoms with E-state index in [4.69, 9.17) is 0 Å². The van der Waals surface area contributed by atoms with E-state index in [1.54, 1.807) is 0 Å². The average Bonchev–Trinajstić information content (AvgIpc) is 3.30. The smallest absolute Gasteiger partial charge is 0.393 e. The van der Waals surface area contributed by atoms with Crippen LogP contribution < -0.4 is 10.6 Å². The molecule has 196 valence electrons. The molecule has 0 radical (unpaired) electrons. The Bertz CT molecular complexity index is 1150. The van der Waals surface area contributed by atoms with Gasteiger partial charge in [0.25, 0.3) is 0 Å². The molecule has 1 atom stereocenters. The van der Waals surface area contributed by atoms with Crippen LogP contribution in [-0.2, 0) is 16.2 Å². The van der Waals surface area contributed by atoms with Crippen molar-refractivity contribution in [2.75, 3.05) is 36.8 Å². The van der Waals surface area contributed by atoms with Crippen LogP contribution in [0.4, 0.5) is 29.3 Å². The van der Waals surface area contributed by atoms with E-state index in [0.29, 0.717) is 31.6 Å². The van der Waals surface area contributed by atoms with Gasteiger partial charge in [-0.3, -0.25) is 0 Å². The number of alkyl halides is 3. The third kappa shape index (κ3) is 6.36. The summed E-state index contributed by atoms with van der Waals surface area (Å²) >= 11 is 0. The molecule has 2 aromatic rings. The highest BCUT2D eigenvalue weighted by Gasteiger charge is 2.36. The fourth-order valence-electron chi connectivity index (χ4n) is 4.59. The number of carbonyl (C=O) groups excluding carboxylic acids is 1. The first-order valence-corrected chi connectivity index (χ1v) is 13.2. The lowest BCUT2D eigenvalue weighted by atomic mass is 10.1. The van der Waals surface area contributed by atoms with Crippen molar-refractivity contribution in [2.45, 2.75) is 48.9 Å². The fourth-order valence-corrected chi connectivity index (χ4v) is 6.27. The molecular weight excluding hydrogens is 497 g/mol. The molecule has 2 heterocycles. The highest BCUT2D eigenvalue weighted by atomic mass is 32.2. The van der Waals surface area contributed by atoms with Gasteiger partial charge in [0.05, 0.1) is 16.6 Å². The standard InChI is InChI=1S/C24H29F3N4O4S/c25-24(26,27)17-3-5-18(6-4-17)28-23(33)29-19-7-9-22(10-8-19)36(34,35)31-13-1-2-20(31)16-30-14-11-21(32)12-15-30/h3-10,20-21,32H,1-2,11-16H2,(H2,28,29,33)/t20-/m0/s1. The number of halogens is 3. The lowest BCUT2D eigenvalue weighted by molar-refractivity contribution is -0.137. The van der Waals surface area contributed by atoms with E-state index >= 15 is 0 Å². The summed E-state index contributed by atoms with van der Waals surface area (Å²) < 4.78 is 66.1. The monoisotopic (exact) mass is 526 g/mol. The Hall–Kier alpha value is -2.67. The van der Waals surface area contributed by atoms with Crippen molar-refractivity contribution in [3.05, 3.63) is 54.1 Å². The number of rotatable bonds is 6. The first-order chi connectivity index (χ1) is 17.0. The molecule has 2 saturated heterocycles. The summed E-state index contributed by atoms with van der Waals surface area (Å²) in [7, 11) is -3.72. The summed E-state index contributed by atoms with van der Waals surface area (Å²) in [6.45, 7) is 2.58. The number of hydrogen-bond donors (Lipinski definition) is 3. The first kappa shape index (κ1) is 26.4. The molecule has 2 amide bonds. The third-order valence-electron chi connectivity index (χ3n) is 6.54. The number of aliphatic hydroxyl groups is 1. The summed E-state index contributed by atoms with van der Waals surface area (Å²) in [5, 5.41) is 14.7. The van der Waals surface area contributed by atoms with Crippen LogP contribution in [0.15, 0.2) is 53.4 Å². The Morgan fingerprint density at radius 1 is 0.917 bits per heavy atom. The molecule has 2 fully saturated rings. The zero-order valence-electron chi connectivity index (χ0n) is 19.5. The van der Waals surface area contributed by atoms with Crippen molar-refractivity contribution >= 4 is 27.4 Å². The van der Waals surface area contributed by atoms with E-state index in [1.807, 2.05) is 0 Å².